The standard InChI is InChI=1S/C21H19NO3S/c1-25-21(24)18-11-9-16(10-12-18)14-22(15-19-8-5-13-26-19)20(23)17-6-3-2-4-7-17/h2-13H,14-15H2,1H3. The minimum absolute atomic E-state index is 0.0176. The first kappa shape index (κ1) is 17.9. The van der Waals surface area contributed by atoms with Gasteiger partial charge in [0.2, 0.25) is 0 Å². The number of esters is 1. The van der Waals surface area contributed by atoms with Crippen molar-refractivity contribution in [2.45, 2.75) is 13.1 Å². The van der Waals surface area contributed by atoms with Crippen LogP contribution in [0.1, 0.15) is 31.2 Å². The molecule has 0 aliphatic rings. The molecular formula is C21H19NO3S. The van der Waals surface area contributed by atoms with E-state index in [1.165, 1.54) is 7.11 Å². The van der Waals surface area contributed by atoms with E-state index in [1.807, 2.05) is 64.9 Å². The van der Waals surface area contributed by atoms with Crippen LogP contribution in [0.15, 0.2) is 72.1 Å². The lowest BCUT2D eigenvalue weighted by Gasteiger charge is -2.22. The molecule has 0 radical (unpaired) electrons. The molecule has 0 saturated carbocycles. The summed E-state index contributed by atoms with van der Waals surface area (Å²) in [6.45, 7) is 1.01. The number of methoxy groups -OCH3 is 1. The van der Waals surface area contributed by atoms with E-state index in [0.29, 0.717) is 24.2 Å². The SMILES string of the molecule is COC(=O)c1ccc(CN(Cc2cccs2)C(=O)c2ccccc2)cc1. The van der Waals surface area contributed by atoms with Gasteiger partial charge in [0.05, 0.1) is 19.2 Å². The van der Waals surface area contributed by atoms with Crippen molar-refractivity contribution in [1.29, 1.82) is 0 Å². The summed E-state index contributed by atoms with van der Waals surface area (Å²) >= 11 is 1.63. The quantitative estimate of drug-likeness (QED) is 0.609. The summed E-state index contributed by atoms with van der Waals surface area (Å²) in [5, 5.41) is 2.01. The molecule has 5 heteroatoms. The third-order valence-corrected chi connectivity index (χ3v) is 4.84. The molecule has 0 N–H and O–H groups in total. The Morgan fingerprint density at radius 3 is 2.23 bits per heavy atom. The van der Waals surface area contributed by atoms with Gasteiger partial charge >= 0.3 is 5.97 Å². The maximum absolute atomic E-state index is 13.0. The Kier molecular flexibility index (Phi) is 5.81. The first-order valence-corrected chi connectivity index (χ1v) is 9.09. The number of hydrogen-bond donors (Lipinski definition) is 0. The zero-order valence-electron chi connectivity index (χ0n) is 14.4. The predicted molar refractivity (Wildman–Crippen MR) is 102 cm³/mol. The molecule has 2 aromatic carbocycles. The smallest absolute Gasteiger partial charge is 0.337 e. The van der Waals surface area contributed by atoms with Gasteiger partial charge in [-0.2, -0.15) is 0 Å². The molecule has 0 unspecified atom stereocenters. The lowest BCUT2D eigenvalue weighted by Crippen LogP contribution is -2.29. The van der Waals surface area contributed by atoms with Crippen molar-refractivity contribution in [3.8, 4) is 0 Å². The third kappa shape index (κ3) is 4.37. The normalized spacial score (nSPS) is 10.3. The molecule has 3 rings (SSSR count). The minimum atomic E-state index is -0.368. The van der Waals surface area contributed by atoms with Gasteiger partial charge in [0.15, 0.2) is 0 Å². The predicted octanol–water partition coefficient (Wildman–Crippen LogP) is 4.38. The Labute approximate surface area is 156 Å². The molecular weight excluding hydrogens is 346 g/mol. The molecule has 1 amide bonds. The number of benzene rings is 2. The zero-order valence-corrected chi connectivity index (χ0v) is 15.2. The van der Waals surface area contributed by atoms with Crippen molar-refractivity contribution in [3.63, 3.8) is 0 Å². The van der Waals surface area contributed by atoms with Crippen molar-refractivity contribution in [2.75, 3.05) is 7.11 Å². The average molecular weight is 365 g/mol. The van der Waals surface area contributed by atoms with E-state index in [-0.39, 0.29) is 11.9 Å². The maximum Gasteiger partial charge on any atom is 0.337 e. The van der Waals surface area contributed by atoms with Crippen molar-refractivity contribution in [2.24, 2.45) is 0 Å². The number of amides is 1. The van der Waals surface area contributed by atoms with Gasteiger partial charge in [-0.3, -0.25) is 4.79 Å². The fourth-order valence-corrected chi connectivity index (χ4v) is 3.36. The molecule has 132 valence electrons. The number of rotatable bonds is 6. The number of hydrogen-bond acceptors (Lipinski definition) is 4. The summed E-state index contributed by atoms with van der Waals surface area (Å²) in [6, 6.07) is 20.4. The van der Waals surface area contributed by atoms with Crippen LogP contribution in [-0.4, -0.2) is 23.9 Å². The average Bonchev–Trinajstić information content (AvgIpc) is 3.20. The van der Waals surface area contributed by atoms with Gasteiger partial charge in [-0.25, -0.2) is 4.79 Å². The molecule has 0 spiro atoms. The van der Waals surface area contributed by atoms with Gasteiger partial charge in [0.25, 0.3) is 5.91 Å². The molecule has 3 aromatic rings. The van der Waals surface area contributed by atoms with Gasteiger partial charge in [0.1, 0.15) is 0 Å². The first-order chi connectivity index (χ1) is 12.7. The van der Waals surface area contributed by atoms with Crippen LogP contribution in [0.3, 0.4) is 0 Å². The molecule has 4 nitrogen and oxygen atoms in total. The number of ether oxygens (including phenoxy) is 1. The van der Waals surface area contributed by atoms with Crippen LogP contribution in [0.2, 0.25) is 0 Å². The van der Waals surface area contributed by atoms with Crippen molar-refractivity contribution in [1.82, 2.24) is 4.90 Å². The van der Waals surface area contributed by atoms with E-state index >= 15 is 0 Å². The summed E-state index contributed by atoms with van der Waals surface area (Å²) in [6.07, 6.45) is 0. The van der Waals surface area contributed by atoms with Gasteiger partial charge in [0, 0.05) is 17.0 Å². The number of carbonyl (C=O) groups is 2. The van der Waals surface area contributed by atoms with Crippen LogP contribution in [0.4, 0.5) is 0 Å². The van der Waals surface area contributed by atoms with Gasteiger partial charge in [-0.15, -0.1) is 11.3 Å². The fraction of sp³-hybridized carbons (Fsp3) is 0.143. The van der Waals surface area contributed by atoms with Crippen LogP contribution in [0, 0.1) is 0 Å². The van der Waals surface area contributed by atoms with Crippen LogP contribution in [-0.2, 0) is 17.8 Å². The highest BCUT2D eigenvalue weighted by Crippen LogP contribution is 2.18. The molecule has 0 aliphatic carbocycles. The van der Waals surface area contributed by atoms with Crippen LogP contribution >= 0.6 is 11.3 Å². The van der Waals surface area contributed by atoms with E-state index in [1.54, 1.807) is 23.5 Å². The summed E-state index contributed by atoms with van der Waals surface area (Å²) in [7, 11) is 1.36. The highest BCUT2D eigenvalue weighted by molar-refractivity contribution is 7.09. The maximum atomic E-state index is 13.0. The Hall–Kier alpha value is -2.92. The Morgan fingerprint density at radius 1 is 0.885 bits per heavy atom. The Morgan fingerprint density at radius 2 is 1.62 bits per heavy atom. The Bertz CT molecular complexity index is 858. The second-order valence-corrected chi connectivity index (χ2v) is 6.83. The summed E-state index contributed by atoms with van der Waals surface area (Å²) in [5.41, 5.74) is 2.11. The van der Waals surface area contributed by atoms with E-state index in [9.17, 15) is 9.59 Å². The molecule has 1 heterocycles. The minimum Gasteiger partial charge on any atom is -0.465 e. The highest BCUT2D eigenvalue weighted by Gasteiger charge is 2.17. The highest BCUT2D eigenvalue weighted by atomic mass is 32.1. The third-order valence-electron chi connectivity index (χ3n) is 3.98. The molecule has 26 heavy (non-hydrogen) atoms. The lowest BCUT2D eigenvalue weighted by molar-refractivity contribution is 0.0600. The second kappa shape index (κ2) is 8.45. The summed E-state index contributed by atoms with van der Waals surface area (Å²) < 4.78 is 4.72. The number of thiophene rings is 1. The van der Waals surface area contributed by atoms with Crippen LogP contribution in [0.5, 0.6) is 0 Å². The van der Waals surface area contributed by atoms with Crippen LogP contribution in [0.25, 0.3) is 0 Å². The second-order valence-electron chi connectivity index (χ2n) is 5.80. The lowest BCUT2D eigenvalue weighted by atomic mass is 10.1. The first-order valence-electron chi connectivity index (χ1n) is 8.21. The van der Waals surface area contributed by atoms with Crippen LogP contribution < -0.4 is 0 Å². The molecule has 0 aliphatic heterocycles. The van der Waals surface area contributed by atoms with Gasteiger partial charge < -0.3 is 9.64 Å². The van der Waals surface area contributed by atoms with E-state index in [0.717, 1.165) is 10.4 Å². The van der Waals surface area contributed by atoms with Crippen molar-refractivity contribution < 1.29 is 14.3 Å². The molecule has 1 aromatic heterocycles. The van der Waals surface area contributed by atoms with Gasteiger partial charge in [-0.1, -0.05) is 36.4 Å². The number of carbonyl (C=O) groups excluding carboxylic acids is 2. The van der Waals surface area contributed by atoms with Crippen molar-refractivity contribution >= 4 is 23.2 Å². The largest absolute Gasteiger partial charge is 0.465 e. The summed E-state index contributed by atoms with van der Waals surface area (Å²) in [4.78, 5) is 27.5. The molecule has 0 bridgehead atoms. The fourth-order valence-electron chi connectivity index (χ4n) is 2.64. The molecule has 0 fully saturated rings. The Balaban J connectivity index is 1.81. The zero-order chi connectivity index (χ0) is 18.4. The van der Waals surface area contributed by atoms with E-state index < -0.39 is 0 Å². The van der Waals surface area contributed by atoms with Gasteiger partial charge in [-0.05, 0) is 41.3 Å². The number of nitrogens with zero attached hydrogens (tertiary/aromatic N) is 1. The van der Waals surface area contributed by atoms with E-state index in [2.05, 4.69) is 0 Å². The van der Waals surface area contributed by atoms with Crippen molar-refractivity contribution in [3.05, 3.63) is 93.7 Å². The molecule has 0 saturated heterocycles. The molecule has 0 atom stereocenters. The monoisotopic (exact) mass is 365 g/mol. The summed E-state index contributed by atoms with van der Waals surface area (Å²) in [5.74, 6) is -0.386. The topological polar surface area (TPSA) is 46.6 Å². The van der Waals surface area contributed by atoms with E-state index in [4.69, 9.17) is 4.74 Å².